The molecular formula is C22H25ClN2O5S. The van der Waals surface area contributed by atoms with Gasteiger partial charge in [0.2, 0.25) is 0 Å². The van der Waals surface area contributed by atoms with Gasteiger partial charge in [0.25, 0.3) is 11.1 Å². The van der Waals surface area contributed by atoms with Gasteiger partial charge in [-0.15, -0.1) is 0 Å². The van der Waals surface area contributed by atoms with Crippen molar-refractivity contribution in [3.05, 3.63) is 71.0 Å². The maximum Gasteiger partial charge on any atom is 0.326 e. The van der Waals surface area contributed by atoms with E-state index in [2.05, 4.69) is 11.9 Å². The lowest BCUT2D eigenvalue weighted by molar-refractivity contribution is -0.139. The summed E-state index contributed by atoms with van der Waals surface area (Å²) in [7, 11) is 0. The Balaban J connectivity index is 2.02. The van der Waals surface area contributed by atoms with E-state index in [-0.39, 0.29) is 17.0 Å². The van der Waals surface area contributed by atoms with E-state index in [0.29, 0.717) is 42.8 Å². The number of nitrogens with zero attached hydrogens (tertiary/aromatic N) is 1. The summed E-state index contributed by atoms with van der Waals surface area (Å²) in [5.41, 5.74) is 0.812. The second-order valence-electron chi connectivity index (χ2n) is 6.74. The first-order valence-electron chi connectivity index (χ1n) is 9.64. The number of benzene rings is 1. The van der Waals surface area contributed by atoms with E-state index in [0.717, 1.165) is 0 Å². The van der Waals surface area contributed by atoms with E-state index < -0.39 is 17.9 Å². The van der Waals surface area contributed by atoms with Crippen molar-refractivity contribution in [1.29, 1.82) is 0 Å². The molecule has 7 nitrogen and oxygen atoms in total. The van der Waals surface area contributed by atoms with Gasteiger partial charge in [-0.1, -0.05) is 42.5 Å². The molecule has 1 unspecified atom stereocenters. The maximum atomic E-state index is 12.4. The Morgan fingerprint density at radius 2 is 2.03 bits per heavy atom. The molecule has 1 amide bonds. The predicted molar refractivity (Wildman–Crippen MR) is 123 cm³/mol. The molecule has 2 N–H and O–H groups in total. The molecule has 31 heavy (non-hydrogen) atoms. The van der Waals surface area contributed by atoms with Crippen molar-refractivity contribution >= 4 is 40.9 Å². The topological polar surface area (TPSA) is 88.1 Å². The lowest BCUT2D eigenvalue weighted by atomic mass is 10.0. The number of carboxylic acid groups (broad SMARTS) is 1. The highest BCUT2D eigenvalue weighted by Crippen LogP contribution is 2.16. The number of carbonyl (C=O) groups is 2. The molecule has 1 aromatic carbocycles. The van der Waals surface area contributed by atoms with Crippen molar-refractivity contribution in [2.24, 2.45) is 0 Å². The number of hydrogen-bond acceptors (Lipinski definition) is 5. The number of carbonyl (C=O) groups excluding carboxylic acids is 1. The minimum atomic E-state index is -1.17. The number of rotatable bonds is 8. The molecule has 166 valence electrons. The van der Waals surface area contributed by atoms with Crippen molar-refractivity contribution in [2.45, 2.75) is 19.4 Å². The highest BCUT2D eigenvalue weighted by Gasteiger charge is 2.22. The molecule has 0 spiro atoms. The molecule has 1 fully saturated rings. The maximum absolute atomic E-state index is 12.4. The average molecular weight is 465 g/mol. The minimum Gasteiger partial charge on any atom is -0.480 e. The molecule has 1 saturated heterocycles. The number of aliphatic carboxylic acids is 1. The number of thiocarbonyl (C=S) groups is 1. The fourth-order valence-corrected chi connectivity index (χ4v) is 3.28. The lowest BCUT2D eigenvalue weighted by Crippen LogP contribution is -2.41. The summed E-state index contributed by atoms with van der Waals surface area (Å²) in [6, 6.07) is 5.28. The molecule has 0 aromatic heterocycles. The number of allylic oxidation sites excluding steroid dienone is 4. The number of morpholine rings is 1. The van der Waals surface area contributed by atoms with Crippen molar-refractivity contribution in [1.82, 2.24) is 10.2 Å². The molecule has 0 aliphatic carbocycles. The van der Waals surface area contributed by atoms with Gasteiger partial charge >= 0.3 is 5.97 Å². The molecule has 1 aromatic rings. The molecule has 1 heterocycles. The summed E-state index contributed by atoms with van der Waals surface area (Å²) in [5.74, 6) is -1.19. The Hall–Kier alpha value is -2.68. The molecule has 1 aliphatic heterocycles. The van der Waals surface area contributed by atoms with Gasteiger partial charge in [0.1, 0.15) is 11.8 Å². The number of hydrogen-bond donors (Lipinski definition) is 2. The van der Waals surface area contributed by atoms with Crippen LogP contribution in [0.4, 0.5) is 0 Å². The summed E-state index contributed by atoms with van der Waals surface area (Å²) >= 11 is 11.3. The summed E-state index contributed by atoms with van der Waals surface area (Å²) in [5, 5.41) is 12.6. The zero-order valence-electron chi connectivity index (χ0n) is 17.2. The van der Waals surface area contributed by atoms with Gasteiger partial charge in [-0.05, 0) is 42.9 Å². The van der Waals surface area contributed by atoms with Crippen LogP contribution in [-0.4, -0.2) is 59.4 Å². The first-order valence-corrected chi connectivity index (χ1v) is 10.4. The molecule has 1 atom stereocenters. The number of ether oxygens (including phenoxy) is 2. The molecule has 0 saturated carbocycles. The Morgan fingerprint density at radius 3 is 2.65 bits per heavy atom. The van der Waals surface area contributed by atoms with Gasteiger partial charge in [-0.25, -0.2) is 4.79 Å². The van der Waals surface area contributed by atoms with E-state index in [9.17, 15) is 14.7 Å². The van der Waals surface area contributed by atoms with Crippen LogP contribution in [0.15, 0.2) is 60.4 Å². The van der Waals surface area contributed by atoms with Crippen LogP contribution in [0.1, 0.15) is 23.7 Å². The smallest absolute Gasteiger partial charge is 0.326 e. The fraction of sp³-hybridized carbons (Fsp3) is 0.318. The normalized spacial score (nSPS) is 15.7. The Bertz CT molecular complexity index is 894. The molecule has 0 bridgehead atoms. The van der Waals surface area contributed by atoms with E-state index >= 15 is 0 Å². The summed E-state index contributed by atoms with van der Waals surface area (Å²) < 4.78 is 10.9. The molecular weight excluding hydrogens is 440 g/mol. The van der Waals surface area contributed by atoms with Gasteiger partial charge in [0, 0.05) is 19.5 Å². The second kappa shape index (κ2) is 12.2. The molecule has 2 rings (SSSR count). The van der Waals surface area contributed by atoms with E-state index in [1.165, 1.54) is 12.1 Å². The van der Waals surface area contributed by atoms with Gasteiger partial charge < -0.3 is 24.8 Å². The lowest BCUT2D eigenvalue weighted by Gasteiger charge is -2.28. The van der Waals surface area contributed by atoms with Gasteiger partial charge in [-0.2, -0.15) is 0 Å². The first-order chi connectivity index (χ1) is 14.8. The van der Waals surface area contributed by atoms with Crippen molar-refractivity contribution in [3.63, 3.8) is 0 Å². The Morgan fingerprint density at radius 1 is 1.35 bits per heavy atom. The monoisotopic (exact) mass is 464 g/mol. The molecule has 0 radical (unpaired) electrons. The van der Waals surface area contributed by atoms with Crippen molar-refractivity contribution in [2.75, 3.05) is 26.3 Å². The van der Waals surface area contributed by atoms with Crippen molar-refractivity contribution in [3.8, 4) is 0 Å². The number of nitrogens with one attached hydrogen (secondary N) is 1. The summed E-state index contributed by atoms with van der Waals surface area (Å²) in [6.45, 7) is 8.02. The zero-order chi connectivity index (χ0) is 22.8. The SMILES string of the molecule is C=C/C(=C\C=C(/C)OC(=S)N1CCOCC1)CC(NC(=O)c1ccccc1Cl)C(=O)O. The van der Waals surface area contributed by atoms with E-state index in [1.807, 2.05) is 4.90 Å². The van der Waals surface area contributed by atoms with Crippen LogP contribution in [-0.2, 0) is 14.3 Å². The fourth-order valence-electron chi connectivity index (χ4n) is 2.74. The van der Waals surface area contributed by atoms with Crippen LogP contribution in [0.2, 0.25) is 5.02 Å². The first kappa shape index (κ1) is 24.6. The van der Waals surface area contributed by atoms with Crippen LogP contribution >= 0.6 is 23.8 Å². The zero-order valence-corrected chi connectivity index (χ0v) is 18.7. The highest BCUT2D eigenvalue weighted by molar-refractivity contribution is 7.80. The van der Waals surface area contributed by atoms with Gasteiger partial charge in [0.15, 0.2) is 0 Å². The predicted octanol–water partition coefficient (Wildman–Crippen LogP) is 3.56. The number of carboxylic acids is 1. The van der Waals surface area contributed by atoms with E-state index in [4.69, 9.17) is 33.3 Å². The number of halogens is 1. The van der Waals surface area contributed by atoms with Crippen LogP contribution in [0.25, 0.3) is 0 Å². The summed E-state index contributed by atoms with van der Waals surface area (Å²) in [4.78, 5) is 26.0. The van der Waals surface area contributed by atoms with Crippen LogP contribution in [0, 0.1) is 0 Å². The highest BCUT2D eigenvalue weighted by atomic mass is 35.5. The van der Waals surface area contributed by atoms with Gasteiger partial charge in [-0.3, -0.25) is 4.79 Å². The molecule has 9 heteroatoms. The van der Waals surface area contributed by atoms with Crippen LogP contribution < -0.4 is 5.32 Å². The largest absolute Gasteiger partial charge is 0.480 e. The Labute approximate surface area is 192 Å². The molecule has 1 aliphatic rings. The summed E-state index contributed by atoms with van der Waals surface area (Å²) in [6.07, 6.45) is 4.93. The number of amides is 1. The Kier molecular flexibility index (Phi) is 9.71. The third kappa shape index (κ3) is 7.82. The average Bonchev–Trinajstić information content (AvgIpc) is 2.76. The quantitative estimate of drug-likeness (QED) is 0.345. The van der Waals surface area contributed by atoms with Crippen molar-refractivity contribution < 1.29 is 24.2 Å². The van der Waals surface area contributed by atoms with Crippen LogP contribution in [0.3, 0.4) is 0 Å². The van der Waals surface area contributed by atoms with Gasteiger partial charge in [0.05, 0.1) is 23.8 Å². The minimum absolute atomic E-state index is 0.0344. The van der Waals surface area contributed by atoms with E-state index in [1.54, 1.807) is 37.3 Å². The third-order valence-corrected chi connectivity index (χ3v) is 5.14. The second-order valence-corrected chi connectivity index (χ2v) is 7.50. The standard InChI is InChI=1S/C22H25ClN2O5S/c1-3-16(9-8-15(2)30-22(31)25-10-12-29-13-11-25)14-19(21(27)28)24-20(26)17-6-4-5-7-18(17)23/h3-9,19H,1,10-14H2,2H3,(H,24,26)(H,27,28)/b15-8+,16-9+. The van der Waals surface area contributed by atoms with Crippen LogP contribution in [0.5, 0.6) is 0 Å². The third-order valence-electron chi connectivity index (χ3n) is 4.47.